The number of nitrogens with one attached hydrogen (secondary N) is 2. The highest BCUT2D eigenvalue weighted by atomic mass is 16.2. The zero-order chi connectivity index (χ0) is 14.4. The van der Waals surface area contributed by atoms with Crippen LogP contribution < -0.4 is 10.6 Å². The molecule has 4 nitrogen and oxygen atoms in total. The minimum absolute atomic E-state index is 0.206. The Morgan fingerprint density at radius 3 is 2.50 bits per heavy atom. The summed E-state index contributed by atoms with van der Waals surface area (Å²) in [4.78, 5) is 15.8. The standard InChI is InChI=1S/C16H19N3O/c1-12-3-6-14(7-4-12)9-10-17-16(20)19-15-8-5-13(2)18-11-15/h3-8,11H,9-10H2,1-2H3,(H2,17,19,20). The molecule has 4 heteroatoms. The van der Waals surface area contributed by atoms with Crippen molar-refractivity contribution in [1.29, 1.82) is 0 Å². The smallest absolute Gasteiger partial charge is 0.319 e. The van der Waals surface area contributed by atoms with E-state index in [9.17, 15) is 4.79 Å². The SMILES string of the molecule is Cc1ccc(CCNC(=O)Nc2ccc(C)nc2)cc1. The van der Waals surface area contributed by atoms with Crippen LogP contribution >= 0.6 is 0 Å². The lowest BCUT2D eigenvalue weighted by Crippen LogP contribution is -2.30. The van der Waals surface area contributed by atoms with Gasteiger partial charge in [0, 0.05) is 12.2 Å². The molecular formula is C16H19N3O. The van der Waals surface area contributed by atoms with Crippen LogP contribution in [-0.4, -0.2) is 17.6 Å². The van der Waals surface area contributed by atoms with E-state index in [1.807, 2.05) is 19.1 Å². The quantitative estimate of drug-likeness (QED) is 0.896. The zero-order valence-electron chi connectivity index (χ0n) is 11.8. The van der Waals surface area contributed by atoms with Crippen molar-refractivity contribution in [3.8, 4) is 0 Å². The summed E-state index contributed by atoms with van der Waals surface area (Å²) in [6, 6.07) is 11.8. The number of nitrogens with zero attached hydrogens (tertiary/aromatic N) is 1. The first-order valence-electron chi connectivity index (χ1n) is 6.66. The molecule has 0 aliphatic heterocycles. The van der Waals surface area contributed by atoms with E-state index in [-0.39, 0.29) is 6.03 Å². The van der Waals surface area contributed by atoms with Gasteiger partial charge in [0.15, 0.2) is 0 Å². The zero-order valence-corrected chi connectivity index (χ0v) is 11.8. The van der Waals surface area contributed by atoms with E-state index in [1.165, 1.54) is 11.1 Å². The molecule has 1 aromatic heterocycles. The van der Waals surface area contributed by atoms with Gasteiger partial charge in [-0.05, 0) is 38.0 Å². The van der Waals surface area contributed by atoms with Crippen LogP contribution in [0.1, 0.15) is 16.8 Å². The van der Waals surface area contributed by atoms with E-state index in [0.29, 0.717) is 12.2 Å². The van der Waals surface area contributed by atoms with Crippen molar-refractivity contribution >= 4 is 11.7 Å². The lowest BCUT2D eigenvalue weighted by atomic mass is 10.1. The van der Waals surface area contributed by atoms with Crippen molar-refractivity contribution < 1.29 is 4.79 Å². The van der Waals surface area contributed by atoms with Gasteiger partial charge in [-0.3, -0.25) is 4.98 Å². The predicted molar refractivity (Wildman–Crippen MR) is 80.9 cm³/mol. The van der Waals surface area contributed by atoms with Crippen LogP contribution in [0.3, 0.4) is 0 Å². The number of hydrogen-bond donors (Lipinski definition) is 2. The molecule has 104 valence electrons. The Kier molecular flexibility index (Phi) is 4.71. The summed E-state index contributed by atoms with van der Waals surface area (Å²) in [5, 5.41) is 5.58. The Hall–Kier alpha value is -2.36. The molecule has 0 bridgehead atoms. The maximum atomic E-state index is 11.7. The Bertz CT molecular complexity index is 561. The molecule has 2 amide bonds. The summed E-state index contributed by atoms with van der Waals surface area (Å²) in [6.45, 7) is 4.57. The highest BCUT2D eigenvalue weighted by Crippen LogP contribution is 2.05. The molecular weight excluding hydrogens is 250 g/mol. The van der Waals surface area contributed by atoms with Crippen LogP contribution in [0.2, 0.25) is 0 Å². The van der Waals surface area contributed by atoms with Gasteiger partial charge in [-0.15, -0.1) is 0 Å². The number of pyridine rings is 1. The minimum Gasteiger partial charge on any atom is -0.338 e. The monoisotopic (exact) mass is 269 g/mol. The summed E-state index contributed by atoms with van der Waals surface area (Å²) < 4.78 is 0. The van der Waals surface area contributed by atoms with Crippen LogP contribution in [-0.2, 0) is 6.42 Å². The molecule has 0 atom stereocenters. The number of hydrogen-bond acceptors (Lipinski definition) is 2. The van der Waals surface area contributed by atoms with Gasteiger partial charge in [-0.25, -0.2) is 4.79 Å². The molecule has 2 N–H and O–H groups in total. The van der Waals surface area contributed by atoms with E-state index < -0.39 is 0 Å². The lowest BCUT2D eigenvalue weighted by Gasteiger charge is -2.07. The second-order valence-electron chi connectivity index (χ2n) is 4.80. The number of aryl methyl sites for hydroxylation is 2. The number of carbonyl (C=O) groups excluding carboxylic acids is 1. The first-order valence-corrected chi connectivity index (χ1v) is 6.66. The third-order valence-electron chi connectivity index (χ3n) is 2.99. The first-order chi connectivity index (χ1) is 9.63. The van der Waals surface area contributed by atoms with E-state index in [1.54, 1.807) is 6.20 Å². The number of carbonyl (C=O) groups is 1. The number of urea groups is 1. The summed E-state index contributed by atoms with van der Waals surface area (Å²) >= 11 is 0. The van der Waals surface area contributed by atoms with Gasteiger partial charge in [0.2, 0.25) is 0 Å². The number of amides is 2. The minimum atomic E-state index is -0.206. The molecule has 0 aliphatic carbocycles. The number of anilines is 1. The van der Waals surface area contributed by atoms with Gasteiger partial charge in [0.05, 0.1) is 11.9 Å². The molecule has 0 saturated carbocycles. The number of aromatic nitrogens is 1. The molecule has 1 aromatic carbocycles. The van der Waals surface area contributed by atoms with Crippen LogP contribution in [0.25, 0.3) is 0 Å². The van der Waals surface area contributed by atoms with Crippen LogP contribution in [0.4, 0.5) is 10.5 Å². The topological polar surface area (TPSA) is 54.0 Å². The molecule has 2 rings (SSSR count). The molecule has 0 aliphatic rings. The fraction of sp³-hybridized carbons (Fsp3) is 0.250. The lowest BCUT2D eigenvalue weighted by molar-refractivity contribution is 0.252. The van der Waals surface area contributed by atoms with Crippen LogP contribution in [0.15, 0.2) is 42.6 Å². The fourth-order valence-electron chi connectivity index (χ4n) is 1.79. The Labute approximate surface area is 119 Å². The average molecular weight is 269 g/mol. The van der Waals surface area contributed by atoms with Gasteiger partial charge < -0.3 is 10.6 Å². The highest BCUT2D eigenvalue weighted by Gasteiger charge is 2.01. The maximum absolute atomic E-state index is 11.7. The molecule has 0 saturated heterocycles. The van der Waals surface area contributed by atoms with Crippen LogP contribution in [0, 0.1) is 13.8 Å². The second kappa shape index (κ2) is 6.70. The maximum Gasteiger partial charge on any atom is 0.319 e. The van der Waals surface area contributed by atoms with Gasteiger partial charge in [-0.1, -0.05) is 29.8 Å². The molecule has 0 radical (unpaired) electrons. The Morgan fingerprint density at radius 2 is 1.85 bits per heavy atom. The summed E-state index contributed by atoms with van der Waals surface area (Å²) in [5.41, 5.74) is 4.08. The van der Waals surface area contributed by atoms with Crippen molar-refractivity contribution in [3.05, 3.63) is 59.4 Å². The van der Waals surface area contributed by atoms with Gasteiger partial charge >= 0.3 is 6.03 Å². The fourth-order valence-corrected chi connectivity index (χ4v) is 1.79. The van der Waals surface area contributed by atoms with Crippen molar-refractivity contribution in [2.75, 3.05) is 11.9 Å². The van der Waals surface area contributed by atoms with Gasteiger partial charge in [0.25, 0.3) is 0 Å². The van der Waals surface area contributed by atoms with Crippen molar-refractivity contribution in [2.45, 2.75) is 20.3 Å². The molecule has 0 unspecified atom stereocenters. The average Bonchev–Trinajstić information content (AvgIpc) is 2.44. The third-order valence-corrected chi connectivity index (χ3v) is 2.99. The van der Waals surface area contributed by atoms with E-state index in [0.717, 1.165) is 12.1 Å². The summed E-state index contributed by atoms with van der Waals surface area (Å²) in [6.07, 6.45) is 2.47. The van der Waals surface area contributed by atoms with E-state index in [4.69, 9.17) is 0 Å². The molecule has 20 heavy (non-hydrogen) atoms. The van der Waals surface area contributed by atoms with Crippen molar-refractivity contribution in [1.82, 2.24) is 10.3 Å². The third kappa shape index (κ3) is 4.39. The summed E-state index contributed by atoms with van der Waals surface area (Å²) in [7, 11) is 0. The molecule has 0 spiro atoms. The number of benzene rings is 1. The van der Waals surface area contributed by atoms with Crippen molar-refractivity contribution in [2.24, 2.45) is 0 Å². The largest absolute Gasteiger partial charge is 0.338 e. The number of rotatable bonds is 4. The molecule has 2 aromatic rings. The Balaban J connectivity index is 1.75. The molecule has 0 fully saturated rings. The normalized spacial score (nSPS) is 10.1. The van der Waals surface area contributed by atoms with Crippen LogP contribution in [0.5, 0.6) is 0 Å². The van der Waals surface area contributed by atoms with E-state index >= 15 is 0 Å². The van der Waals surface area contributed by atoms with Crippen molar-refractivity contribution in [3.63, 3.8) is 0 Å². The second-order valence-corrected chi connectivity index (χ2v) is 4.80. The Morgan fingerprint density at radius 1 is 1.10 bits per heavy atom. The first kappa shape index (κ1) is 14.1. The van der Waals surface area contributed by atoms with E-state index in [2.05, 4.69) is 46.8 Å². The molecule has 1 heterocycles. The van der Waals surface area contributed by atoms with Gasteiger partial charge in [-0.2, -0.15) is 0 Å². The predicted octanol–water partition coefficient (Wildman–Crippen LogP) is 3.06. The summed E-state index contributed by atoms with van der Waals surface area (Å²) in [5.74, 6) is 0. The van der Waals surface area contributed by atoms with Gasteiger partial charge in [0.1, 0.15) is 0 Å². The highest BCUT2D eigenvalue weighted by molar-refractivity contribution is 5.88.